The maximum absolute atomic E-state index is 5.33. The molecule has 0 atom stereocenters. The van der Waals surface area contributed by atoms with E-state index in [0.29, 0.717) is 0 Å². The minimum absolute atomic E-state index is 0.134. The molecule has 1 N–H and O–H groups in total. The van der Waals surface area contributed by atoms with Crippen molar-refractivity contribution in [1.82, 2.24) is 15.1 Å². The van der Waals surface area contributed by atoms with Crippen molar-refractivity contribution in [1.29, 1.82) is 0 Å². The summed E-state index contributed by atoms with van der Waals surface area (Å²) in [6, 6.07) is 2.05. The predicted octanol–water partition coefficient (Wildman–Crippen LogP) is 1.81. The van der Waals surface area contributed by atoms with Crippen molar-refractivity contribution in [3.05, 3.63) is 18.0 Å². The Morgan fingerprint density at radius 2 is 2.19 bits per heavy atom. The van der Waals surface area contributed by atoms with E-state index in [0.717, 1.165) is 26.3 Å². The van der Waals surface area contributed by atoms with Gasteiger partial charge >= 0.3 is 0 Å². The van der Waals surface area contributed by atoms with Crippen molar-refractivity contribution in [2.75, 3.05) is 13.2 Å². The maximum Gasteiger partial charge on any atom is 0.0662 e. The molecule has 0 saturated carbocycles. The number of hydrogen-bond donors (Lipinski definition) is 1. The lowest BCUT2D eigenvalue weighted by atomic mass is 10.1. The summed E-state index contributed by atoms with van der Waals surface area (Å²) in [5.74, 6) is 0. The number of nitrogens with one attached hydrogen (secondary N) is 1. The Hall–Kier alpha value is -0.870. The molecule has 0 aliphatic heterocycles. The fraction of sp³-hybridized carbons (Fsp3) is 0.750. The van der Waals surface area contributed by atoms with E-state index in [2.05, 4.69) is 31.2 Å². The molecule has 1 heterocycles. The summed E-state index contributed by atoms with van der Waals surface area (Å²) < 4.78 is 7.32. The summed E-state index contributed by atoms with van der Waals surface area (Å²) in [5, 5.41) is 7.74. The predicted molar refractivity (Wildman–Crippen MR) is 65.3 cm³/mol. The van der Waals surface area contributed by atoms with Crippen LogP contribution in [0.3, 0.4) is 0 Å². The zero-order chi connectivity index (χ0) is 12.0. The zero-order valence-corrected chi connectivity index (χ0v) is 10.8. The first-order chi connectivity index (χ1) is 7.53. The van der Waals surface area contributed by atoms with Crippen molar-refractivity contribution in [3.8, 4) is 0 Å². The van der Waals surface area contributed by atoms with Crippen LogP contribution in [0, 0.1) is 0 Å². The quantitative estimate of drug-likeness (QED) is 0.750. The third-order valence-corrected chi connectivity index (χ3v) is 2.26. The van der Waals surface area contributed by atoms with Crippen LogP contribution in [0.5, 0.6) is 0 Å². The van der Waals surface area contributed by atoms with Crippen molar-refractivity contribution in [3.63, 3.8) is 0 Å². The molecular weight excluding hydrogens is 202 g/mol. The summed E-state index contributed by atoms with van der Waals surface area (Å²) in [4.78, 5) is 0. The van der Waals surface area contributed by atoms with E-state index < -0.39 is 0 Å². The number of rotatable bonds is 6. The first kappa shape index (κ1) is 13.2. The summed E-state index contributed by atoms with van der Waals surface area (Å²) in [7, 11) is 0. The third kappa shape index (κ3) is 4.77. The fourth-order valence-electron chi connectivity index (χ4n) is 1.36. The van der Waals surface area contributed by atoms with Gasteiger partial charge in [-0.2, -0.15) is 5.10 Å². The molecule has 0 aromatic carbocycles. The van der Waals surface area contributed by atoms with Crippen LogP contribution in [0.25, 0.3) is 0 Å². The molecule has 0 saturated heterocycles. The Labute approximate surface area is 98.0 Å². The number of ether oxygens (including phenoxy) is 1. The average molecular weight is 225 g/mol. The molecule has 0 spiro atoms. The second-order valence-corrected chi connectivity index (χ2v) is 4.85. The summed E-state index contributed by atoms with van der Waals surface area (Å²) in [6.07, 6.45) is 1.84. The standard InChI is InChI=1S/C12H23N3O/c1-5-16-9-8-15-11(6-7-14-15)10-13-12(2,3)4/h6-7,13H,5,8-10H2,1-4H3. The van der Waals surface area contributed by atoms with Gasteiger partial charge in [0, 0.05) is 24.9 Å². The molecule has 0 aliphatic rings. The van der Waals surface area contributed by atoms with E-state index in [-0.39, 0.29) is 5.54 Å². The van der Waals surface area contributed by atoms with E-state index in [4.69, 9.17) is 4.74 Å². The fourth-order valence-corrected chi connectivity index (χ4v) is 1.36. The van der Waals surface area contributed by atoms with Crippen LogP contribution < -0.4 is 5.32 Å². The van der Waals surface area contributed by atoms with E-state index in [1.807, 2.05) is 23.9 Å². The minimum atomic E-state index is 0.134. The van der Waals surface area contributed by atoms with E-state index in [9.17, 15) is 0 Å². The van der Waals surface area contributed by atoms with Crippen molar-refractivity contribution >= 4 is 0 Å². The highest BCUT2D eigenvalue weighted by atomic mass is 16.5. The topological polar surface area (TPSA) is 39.1 Å². The van der Waals surface area contributed by atoms with Gasteiger partial charge in [0.05, 0.1) is 18.8 Å². The van der Waals surface area contributed by atoms with Crippen LogP contribution in [-0.4, -0.2) is 28.5 Å². The number of hydrogen-bond acceptors (Lipinski definition) is 3. The summed E-state index contributed by atoms with van der Waals surface area (Å²) >= 11 is 0. The lowest BCUT2D eigenvalue weighted by molar-refractivity contribution is 0.135. The molecule has 4 nitrogen and oxygen atoms in total. The maximum atomic E-state index is 5.33. The van der Waals surface area contributed by atoms with Gasteiger partial charge in [-0.05, 0) is 33.8 Å². The Balaban J connectivity index is 2.44. The average Bonchev–Trinajstić information content (AvgIpc) is 2.62. The van der Waals surface area contributed by atoms with Gasteiger partial charge in [-0.25, -0.2) is 0 Å². The van der Waals surface area contributed by atoms with Gasteiger partial charge in [-0.3, -0.25) is 4.68 Å². The monoisotopic (exact) mass is 225 g/mol. The Kier molecular flexibility index (Phi) is 4.96. The summed E-state index contributed by atoms with van der Waals surface area (Å²) in [6.45, 7) is 11.6. The zero-order valence-electron chi connectivity index (χ0n) is 10.8. The molecular formula is C12H23N3O. The molecule has 1 rings (SSSR count). The molecule has 1 aromatic rings. The van der Waals surface area contributed by atoms with Crippen LogP contribution in [0.4, 0.5) is 0 Å². The highest BCUT2D eigenvalue weighted by Gasteiger charge is 2.10. The molecule has 1 aromatic heterocycles. The van der Waals surface area contributed by atoms with Crippen molar-refractivity contribution in [2.45, 2.75) is 46.3 Å². The number of nitrogens with zero attached hydrogens (tertiary/aromatic N) is 2. The van der Waals surface area contributed by atoms with Crippen LogP contribution in [-0.2, 0) is 17.8 Å². The van der Waals surface area contributed by atoms with Crippen LogP contribution >= 0.6 is 0 Å². The number of aromatic nitrogens is 2. The largest absolute Gasteiger partial charge is 0.380 e. The molecule has 0 fully saturated rings. The van der Waals surface area contributed by atoms with Gasteiger partial charge in [-0.1, -0.05) is 0 Å². The van der Waals surface area contributed by atoms with Crippen LogP contribution in [0.2, 0.25) is 0 Å². The Morgan fingerprint density at radius 1 is 1.44 bits per heavy atom. The second-order valence-electron chi connectivity index (χ2n) is 4.85. The highest BCUT2D eigenvalue weighted by molar-refractivity contribution is 5.00. The van der Waals surface area contributed by atoms with Gasteiger partial charge < -0.3 is 10.1 Å². The van der Waals surface area contributed by atoms with E-state index >= 15 is 0 Å². The molecule has 92 valence electrons. The Bertz CT molecular complexity index is 301. The normalized spacial score (nSPS) is 12.0. The van der Waals surface area contributed by atoms with Gasteiger partial charge in [0.2, 0.25) is 0 Å². The van der Waals surface area contributed by atoms with Crippen LogP contribution in [0.1, 0.15) is 33.4 Å². The first-order valence-corrected chi connectivity index (χ1v) is 5.86. The molecule has 0 unspecified atom stereocenters. The molecule has 16 heavy (non-hydrogen) atoms. The molecule has 0 radical (unpaired) electrons. The lowest BCUT2D eigenvalue weighted by Crippen LogP contribution is -2.35. The second kappa shape index (κ2) is 6.01. The molecule has 0 bridgehead atoms. The molecule has 4 heteroatoms. The smallest absolute Gasteiger partial charge is 0.0662 e. The van der Waals surface area contributed by atoms with Crippen molar-refractivity contribution < 1.29 is 4.74 Å². The summed E-state index contributed by atoms with van der Waals surface area (Å²) in [5.41, 5.74) is 1.34. The van der Waals surface area contributed by atoms with Gasteiger partial charge in [0.25, 0.3) is 0 Å². The third-order valence-electron chi connectivity index (χ3n) is 2.26. The van der Waals surface area contributed by atoms with Crippen LogP contribution in [0.15, 0.2) is 12.3 Å². The van der Waals surface area contributed by atoms with E-state index in [1.165, 1.54) is 5.69 Å². The lowest BCUT2D eigenvalue weighted by Gasteiger charge is -2.20. The van der Waals surface area contributed by atoms with Gasteiger partial charge in [-0.15, -0.1) is 0 Å². The Morgan fingerprint density at radius 3 is 2.81 bits per heavy atom. The first-order valence-electron chi connectivity index (χ1n) is 5.86. The van der Waals surface area contributed by atoms with Crippen molar-refractivity contribution in [2.24, 2.45) is 0 Å². The molecule has 0 amide bonds. The SMILES string of the molecule is CCOCCn1nccc1CNC(C)(C)C. The minimum Gasteiger partial charge on any atom is -0.380 e. The van der Waals surface area contributed by atoms with Gasteiger partial charge in [0.1, 0.15) is 0 Å². The highest BCUT2D eigenvalue weighted by Crippen LogP contribution is 2.04. The molecule has 0 aliphatic carbocycles. The van der Waals surface area contributed by atoms with Gasteiger partial charge in [0.15, 0.2) is 0 Å². The van der Waals surface area contributed by atoms with E-state index in [1.54, 1.807) is 0 Å².